The number of carbonyl (C=O) groups excluding carboxylic acids is 1. The lowest BCUT2D eigenvalue weighted by atomic mass is 9.96. The number of hydrogen-bond acceptors (Lipinski definition) is 3. The smallest absolute Gasteiger partial charge is 0.315 e. The average Bonchev–Trinajstić information content (AvgIpc) is 3.56. The fourth-order valence-corrected chi connectivity index (χ4v) is 4.02. The lowest BCUT2D eigenvalue weighted by Gasteiger charge is -2.21. The molecule has 4 rings (SSSR count). The molecule has 1 aromatic carbocycles. The van der Waals surface area contributed by atoms with Gasteiger partial charge in [-0.3, -0.25) is 0 Å². The van der Waals surface area contributed by atoms with Crippen LogP contribution >= 0.6 is 0 Å². The first-order chi connectivity index (χ1) is 14.1. The Bertz CT molecular complexity index is 810. The molecule has 2 aromatic rings. The Labute approximate surface area is 171 Å². The summed E-state index contributed by atoms with van der Waals surface area (Å²) in [6.45, 7) is 3.16. The molecule has 1 aliphatic heterocycles. The molecular weight excluding hydrogens is 367 g/mol. The molecule has 2 aliphatic rings. The number of hydrogen-bond donors (Lipinski definition) is 2. The molecule has 1 saturated carbocycles. The number of urea groups is 1. The Morgan fingerprint density at radius 1 is 1.00 bits per heavy atom. The van der Waals surface area contributed by atoms with Crippen LogP contribution in [0, 0.1) is 5.82 Å². The monoisotopic (exact) mass is 396 g/mol. The molecule has 2 N–H and O–H groups in total. The lowest BCUT2D eigenvalue weighted by Crippen LogP contribution is -2.39. The summed E-state index contributed by atoms with van der Waals surface area (Å²) < 4.78 is 13.1. The van der Waals surface area contributed by atoms with Crippen molar-refractivity contribution < 1.29 is 9.18 Å². The van der Waals surface area contributed by atoms with Crippen LogP contribution in [0.5, 0.6) is 0 Å². The number of anilines is 1. The van der Waals surface area contributed by atoms with Crippen molar-refractivity contribution in [2.75, 3.05) is 24.5 Å². The highest BCUT2D eigenvalue weighted by Crippen LogP contribution is 2.47. The number of benzene rings is 1. The number of nitrogens with one attached hydrogen (secondary N) is 2. The maximum absolute atomic E-state index is 13.1. The molecule has 1 aromatic heterocycles. The summed E-state index contributed by atoms with van der Waals surface area (Å²) in [5.74, 6) is 0.792. The van der Waals surface area contributed by atoms with E-state index in [-0.39, 0.29) is 17.3 Å². The Balaban J connectivity index is 1.24. The van der Waals surface area contributed by atoms with E-state index in [2.05, 4.69) is 20.5 Å². The van der Waals surface area contributed by atoms with Crippen LogP contribution in [-0.4, -0.2) is 30.6 Å². The number of pyridine rings is 1. The summed E-state index contributed by atoms with van der Waals surface area (Å²) in [6, 6.07) is 10.5. The summed E-state index contributed by atoms with van der Waals surface area (Å²) in [4.78, 5) is 19.2. The number of carbonyl (C=O) groups is 1. The van der Waals surface area contributed by atoms with E-state index in [9.17, 15) is 9.18 Å². The Morgan fingerprint density at radius 2 is 1.72 bits per heavy atom. The highest BCUT2D eigenvalue weighted by Gasteiger charge is 2.44. The summed E-state index contributed by atoms with van der Waals surface area (Å²) in [5.41, 5.74) is 2.03. The highest BCUT2D eigenvalue weighted by atomic mass is 19.1. The molecule has 0 radical (unpaired) electrons. The van der Waals surface area contributed by atoms with E-state index in [1.165, 1.54) is 37.8 Å². The lowest BCUT2D eigenvalue weighted by molar-refractivity contribution is 0.239. The Kier molecular flexibility index (Phi) is 5.97. The highest BCUT2D eigenvalue weighted by molar-refractivity contribution is 5.74. The second-order valence-electron chi connectivity index (χ2n) is 8.25. The van der Waals surface area contributed by atoms with E-state index in [4.69, 9.17) is 0 Å². The van der Waals surface area contributed by atoms with Crippen molar-refractivity contribution in [3.8, 4) is 0 Å². The van der Waals surface area contributed by atoms with Gasteiger partial charge in [-0.05, 0) is 55.0 Å². The van der Waals surface area contributed by atoms with Crippen LogP contribution in [0.3, 0.4) is 0 Å². The van der Waals surface area contributed by atoms with Gasteiger partial charge in [0, 0.05) is 37.8 Å². The minimum Gasteiger partial charge on any atom is -0.357 e. The fraction of sp³-hybridized carbons (Fsp3) is 0.478. The SMILES string of the molecule is O=C(NCc1ccc(N2CCCCCC2)nc1)NCC1(c2ccc(F)cc2)CC1. The molecule has 5 nitrogen and oxygen atoms in total. The van der Waals surface area contributed by atoms with Crippen LogP contribution in [0.25, 0.3) is 0 Å². The van der Waals surface area contributed by atoms with Gasteiger partial charge in [-0.25, -0.2) is 14.2 Å². The maximum Gasteiger partial charge on any atom is 0.315 e. The first-order valence-electron chi connectivity index (χ1n) is 10.6. The zero-order chi connectivity index (χ0) is 20.1. The van der Waals surface area contributed by atoms with Crippen molar-refractivity contribution in [1.82, 2.24) is 15.6 Å². The van der Waals surface area contributed by atoms with Crippen LogP contribution in [0.4, 0.5) is 15.0 Å². The predicted octanol–water partition coefficient (Wildman–Crippen LogP) is 4.13. The van der Waals surface area contributed by atoms with E-state index in [1.807, 2.05) is 30.5 Å². The fourth-order valence-electron chi connectivity index (χ4n) is 4.02. The van der Waals surface area contributed by atoms with Crippen LogP contribution in [0.2, 0.25) is 0 Å². The molecule has 1 saturated heterocycles. The molecule has 29 heavy (non-hydrogen) atoms. The molecule has 0 unspecified atom stereocenters. The third kappa shape index (κ3) is 5.05. The second kappa shape index (κ2) is 8.80. The first kappa shape index (κ1) is 19.7. The maximum atomic E-state index is 13.1. The number of nitrogens with zero attached hydrogens (tertiary/aromatic N) is 2. The number of rotatable bonds is 6. The van der Waals surface area contributed by atoms with E-state index in [0.717, 1.165) is 42.9 Å². The van der Waals surface area contributed by atoms with Gasteiger partial charge in [0.1, 0.15) is 11.6 Å². The Hall–Kier alpha value is -2.63. The first-order valence-corrected chi connectivity index (χ1v) is 10.6. The molecule has 0 atom stereocenters. The van der Waals surface area contributed by atoms with Gasteiger partial charge in [-0.1, -0.05) is 31.0 Å². The van der Waals surface area contributed by atoms with Gasteiger partial charge in [-0.15, -0.1) is 0 Å². The van der Waals surface area contributed by atoms with E-state index >= 15 is 0 Å². The molecule has 2 heterocycles. The minimum absolute atomic E-state index is 0.0403. The summed E-state index contributed by atoms with van der Waals surface area (Å²) in [5, 5.41) is 5.87. The van der Waals surface area contributed by atoms with Crippen molar-refractivity contribution in [1.29, 1.82) is 0 Å². The van der Waals surface area contributed by atoms with E-state index < -0.39 is 0 Å². The van der Waals surface area contributed by atoms with Gasteiger partial charge < -0.3 is 15.5 Å². The molecule has 154 valence electrons. The van der Waals surface area contributed by atoms with E-state index in [0.29, 0.717) is 13.1 Å². The van der Waals surface area contributed by atoms with Gasteiger partial charge >= 0.3 is 6.03 Å². The normalized spacial score (nSPS) is 18.0. The van der Waals surface area contributed by atoms with Gasteiger partial charge in [0.2, 0.25) is 0 Å². The number of halogens is 1. The predicted molar refractivity (Wildman–Crippen MR) is 112 cm³/mol. The molecule has 0 bridgehead atoms. The molecular formula is C23H29FN4O. The molecule has 0 spiro atoms. The van der Waals surface area contributed by atoms with Gasteiger partial charge in [0.25, 0.3) is 0 Å². The quantitative estimate of drug-likeness (QED) is 0.772. The minimum atomic E-state index is -0.231. The molecule has 6 heteroatoms. The van der Waals surface area contributed by atoms with Gasteiger partial charge in [-0.2, -0.15) is 0 Å². The molecule has 2 fully saturated rings. The van der Waals surface area contributed by atoms with Crippen molar-refractivity contribution >= 4 is 11.8 Å². The van der Waals surface area contributed by atoms with Crippen LogP contribution in [0.15, 0.2) is 42.6 Å². The summed E-state index contributed by atoms with van der Waals surface area (Å²) in [6.07, 6.45) is 8.93. The molecule has 2 amide bonds. The van der Waals surface area contributed by atoms with Crippen LogP contribution < -0.4 is 15.5 Å². The standard InChI is InChI=1S/C23H29FN4O/c24-20-8-6-19(7-9-20)23(11-12-23)17-27-22(29)26-16-18-5-10-21(25-15-18)28-13-3-1-2-4-14-28/h5-10,15H,1-4,11-14,16-17H2,(H2,26,27,29). The third-order valence-corrected chi connectivity index (χ3v) is 6.09. The summed E-state index contributed by atoms with van der Waals surface area (Å²) >= 11 is 0. The van der Waals surface area contributed by atoms with Gasteiger partial charge in [0.05, 0.1) is 0 Å². The Morgan fingerprint density at radius 3 is 2.34 bits per heavy atom. The van der Waals surface area contributed by atoms with Crippen molar-refractivity contribution in [3.05, 3.63) is 59.5 Å². The van der Waals surface area contributed by atoms with Crippen LogP contribution in [-0.2, 0) is 12.0 Å². The largest absolute Gasteiger partial charge is 0.357 e. The number of aromatic nitrogens is 1. The van der Waals surface area contributed by atoms with E-state index in [1.54, 1.807) is 0 Å². The van der Waals surface area contributed by atoms with Crippen LogP contribution in [0.1, 0.15) is 49.7 Å². The third-order valence-electron chi connectivity index (χ3n) is 6.09. The topological polar surface area (TPSA) is 57.3 Å². The van der Waals surface area contributed by atoms with Crippen molar-refractivity contribution in [3.63, 3.8) is 0 Å². The summed E-state index contributed by atoms with van der Waals surface area (Å²) in [7, 11) is 0. The van der Waals surface area contributed by atoms with Crippen molar-refractivity contribution in [2.24, 2.45) is 0 Å². The second-order valence-corrected chi connectivity index (χ2v) is 8.25. The van der Waals surface area contributed by atoms with Gasteiger partial charge in [0.15, 0.2) is 0 Å². The van der Waals surface area contributed by atoms with Crippen molar-refractivity contribution in [2.45, 2.75) is 50.5 Å². The molecule has 1 aliphatic carbocycles. The zero-order valence-electron chi connectivity index (χ0n) is 16.8. The zero-order valence-corrected chi connectivity index (χ0v) is 16.8. The average molecular weight is 397 g/mol. The number of amides is 2.